The van der Waals surface area contributed by atoms with Crippen LogP contribution >= 0.6 is 24.4 Å². The number of aromatic nitrogens is 4. The fourth-order valence-corrected chi connectivity index (χ4v) is 4.16. The summed E-state index contributed by atoms with van der Waals surface area (Å²) in [7, 11) is 0. The largest absolute Gasteiger partial charge is 0.331 e. The highest BCUT2D eigenvalue weighted by molar-refractivity contribution is 7.71. The van der Waals surface area contributed by atoms with E-state index in [-0.39, 0.29) is 20.7 Å². The summed E-state index contributed by atoms with van der Waals surface area (Å²) >= 11 is 10.9. The van der Waals surface area contributed by atoms with Crippen molar-refractivity contribution in [3.63, 3.8) is 0 Å². The van der Waals surface area contributed by atoms with Crippen LogP contribution in [0.25, 0.3) is 33.2 Å². The average molecular weight is 431 g/mol. The number of nitrogens with zero attached hydrogens (tertiary/aromatic N) is 2. The quantitative estimate of drug-likeness (QED) is 0.407. The lowest BCUT2D eigenvalue weighted by atomic mass is 10.2. The van der Waals surface area contributed by atoms with Gasteiger partial charge in [-0.2, -0.15) is 0 Å². The van der Waals surface area contributed by atoms with Crippen molar-refractivity contribution in [3.8, 4) is 11.4 Å². The maximum atomic E-state index is 13.1. The Labute approximate surface area is 179 Å². The van der Waals surface area contributed by atoms with Gasteiger partial charge >= 0.3 is 0 Å². The van der Waals surface area contributed by atoms with E-state index in [9.17, 15) is 9.59 Å². The standard InChI is InChI=1S/C22H14N4O2S2/c27-19-15-8-1-3-10-17(15)23-21(29)25(19)13-6-5-7-14(12-13)26-20(28)16-9-2-4-11-18(16)24-22(26)30/h1-12H,(H,23,29)(H,24,30). The molecule has 2 aromatic heterocycles. The maximum Gasteiger partial charge on any atom is 0.266 e. The SMILES string of the molecule is O=c1c2ccccc2[nH]c(=S)n1-c1cccc(-n2c(=S)[nH]c3ccccc3c2=O)c1. The second kappa shape index (κ2) is 7.01. The molecule has 0 saturated heterocycles. The molecule has 146 valence electrons. The average Bonchev–Trinajstić information content (AvgIpc) is 2.74. The number of nitrogens with one attached hydrogen (secondary N) is 2. The Morgan fingerprint density at radius 3 is 1.50 bits per heavy atom. The van der Waals surface area contributed by atoms with E-state index in [0.717, 1.165) is 0 Å². The van der Waals surface area contributed by atoms with Crippen LogP contribution < -0.4 is 11.1 Å². The Balaban J connectivity index is 1.78. The number of benzene rings is 3. The van der Waals surface area contributed by atoms with E-state index in [1.807, 2.05) is 12.1 Å². The number of rotatable bonds is 2. The topological polar surface area (TPSA) is 75.6 Å². The van der Waals surface area contributed by atoms with E-state index in [1.54, 1.807) is 60.7 Å². The molecule has 5 rings (SSSR count). The van der Waals surface area contributed by atoms with Crippen molar-refractivity contribution in [2.24, 2.45) is 0 Å². The van der Waals surface area contributed by atoms with E-state index < -0.39 is 0 Å². The third-order valence-corrected chi connectivity index (χ3v) is 5.53. The number of fused-ring (bicyclic) bond motifs is 2. The van der Waals surface area contributed by atoms with Gasteiger partial charge in [0.05, 0.1) is 33.2 Å². The van der Waals surface area contributed by atoms with Gasteiger partial charge < -0.3 is 9.97 Å². The minimum atomic E-state index is -0.234. The molecule has 0 aliphatic carbocycles. The minimum absolute atomic E-state index is 0.234. The van der Waals surface area contributed by atoms with Crippen LogP contribution in [0, 0.1) is 9.54 Å². The molecule has 0 aliphatic rings. The Bertz CT molecular complexity index is 1570. The van der Waals surface area contributed by atoms with Crippen LogP contribution in [-0.2, 0) is 0 Å². The summed E-state index contributed by atoms with van der Waals surface area (Å²) < 4.78 is 3.37. The second-order valence-corrected chi connectivity index (χ2v) is 7.53. The maximum absolute atomic E-state index is 13.1. The number of hydrogen-bond acceptors (Lipinski definition) is 4. The summed E-state index contributed by atoms with van der Waals surface area (Å²) in [5.41, 5.74) is 1.96. The Hall–Kier alpha value is -3.62. The minimum Gasteiger partial charge on any atom is -0.331 e. The van der Waals surface area contributed by atoms with Crippen LogP contribution in [0.2, 0.25) is 0 Å². The molecule has 2 heterocycles. The van der Waals surface area contributed by atoms with Crippen molar-refractivity contribution in [2.45, 2.75) is 0 Å². The summed E-state index contributed by atoms with van der Waals surface area (Å²) in [5, 5.41) is 1.05. The van der Waals surface area contributed by atoms with Gasteiger partial charge in [0.25, 0.3) is 11.1 Å². The zero-order valence-corrected chi connectivity index (χ0v) is 17.1. The molecule has 0 amide bonds. The second-order valence-electron chi connectivity index (χ2n) is 6.75. The van der Waals surface area contributed by atoms with Crippen LogP contribution in [0.1, 0.15) is 0 Å². The van der Waals surface area contributed by atoms with Gasteiger partial charge in [-0.25, -0.2) is 0 Å². The molecule has 8 heteroatoms. The summed E-state index contributed by atoms with van der Waals surface area (Å²) in [4.78, 5) is 32.3. The predicted octanol–water partition coefficient (Wildman–Crippen LogP) is 4.41. The fourth-order valence-electron chi connectivity index (χ4n) is 3.57. The van der Waals surface area contributed by atoms with Gasteiger partial charge in [0.15, 0.2) is 9.54 Å². The fraction of sp³-hybridized carbons (Fsp3) is 0. The molecule has 0 saturated carbocycles. The monoisotopic (exact) mass is 430 g/mol. The van der Waals surface area contributed by atoms with Gasteiger partial charge in [-0.15, -0.1) is 0 Å². The lowest BCUT2D eigenvalue weighted by Gasteiger charge is -2.12. The number of aromatic amines is 2. The van der Waals surface area contributed by atoms with Gasteiger partial charge in [-0.1, -0.05) is 30.3 Å². The molecule has 0 fully saturated rings. The van der Waals surface area contributed by atoms with Gasteiger partial charge in [0, 0.05) is 0 Å². The Kier molecular flexibility index (Phi) is 4.30. The molecule has 0 unspecified atom stereocenters. The first-order valence-corrected chi connectivity index (χ1v) is 9.95. The normalized spacial score (nSPS) is 11.2. The number of H-pyrrole nitrogens is 2. The molecule has 0 spiro atoms. The molecular formula is C22H14N4O2S2. The van der Waals surface area contributed by atoms with Crippen molar-refractivity contribution in [1.29, 1.82) is 0 Å². The van der Waals surface area contributed by atoms with E-state index in [4.69, 9.17) is 24.4 Å². The van der Waals surface area contributed by atoms with Crippen molar-refractivity contribution in [1.82, 2.24) is 19.1 Å². The zero-order valence-electron chi connectivity index (χ0n) is 15.5. The van der Waals surface area contributed by atoms with Crippen LogP contribution in [0.5, 0.6) is 0 Å². The lowest BCUT2D eigenvalue weighted by Crippen LogP contribution is -2.22. The third-order valence-electron chi connectivity index (χ3n) is 4.96. The summed E-state index contributed by atoms with van der Waals surface area (Å²) in [6.07, 6.45) is 0. The highest BCUT2D eigenvalue weighted by Gasteiger charge is 2.11. The van der Waals surface area contributed by atoms with Crippen LogP contribution in [0.4, 0.5) is 0 Å². The molecule has 0 aliphatic heterocycles. The summed E-state index contributed by atoms with van der Waals surface area (Å²) in [5.74, 6) is 0. The van der Waals surface area contributed by atoms with Crippen LogP contribution in [-0.4, -0.2) is 19.1 Å². The molecule has 0 radical (unpaired) electrons. The molecule has 30 heavy (non-hydrogen) atoms. The Morgan fingerprint density at radius 2 is 1.03 bits per heavy atom. The Morgan fingerprint density at radius 1 is 0.600 bits per heavy atom. The molecular weight excluding hydrogens is 416 g/mol. The van der Waals surface area contributed by atoms with Gasteiger partial charge in [-0.3, -0.25) is 18.7 Å². The molecule has 6 nitrogen and oxygen atoms in total. The lowest BCUT2D eigenvalue weighted by molar-refractivity contribution is 0.914. The highest BCUT2D eigenvalue weighted by atomic mass is 32.1. The smallest absolute Gasteiger partial charge is 0.266 e. The van der Waals surface area contributed by atoms with E-state index in [2.05, 4.69) is 9.97 Å². The molecule has 3 aromatic carbocycles. The van der Waals surface area contributed by atoms with Gasteiger partial charge in [0.2, 0.25) is 0 Å². The van der Waals surface area contributed by atoms with Crippen molar-refractivity contribution in [2.75, 3.05) is 0 Å². The van der Waals surface area contributed by atoms with Crippen molar-refractivity contribution >= 4 is 46.2 Å². The van der Waals surface area contributed by atoms with Crippen LogP contribution in [0.15, 0.2) is 82.4 Å². The van der Waals surface area contributed by atoms with Crippen LogP contribution in [0.3, 0.4) is 0 Å². The predicted molar refractivity (Wildman–Crippen MR) is 123 cm³/mol. The first-order valence-electron chi connectivity index (χ1n) is 9.13. The van der Waals surface area contributed by atoms with E-state index in [1.165, 1.54) is 9.13 Å². The molecule has 2 N–H and O–H groups in total. The van der Waals surface area contributed by atoms with Crippen molar-refractivity contribution < 1.29 is 0 Å². The van der Waals surface area contributed by atoms with E-state index in [0.29, 0.717) is 33.2 Å². The van der Waals surface area contributed by atoms with Gasteiger partial charge in [0.1, 0.15) is 0 Å². The van der Waals surface area contributed by atoms with Gasteiger partial charge in [-0.05, 0) is 66.9 Å². The first-order chi connectivity index (χ1) is 14.5. The van der Waals surface area contributed by atoms with Crippen molar-refractivity contribution in [3.05, 3.63) is 103 Å². The molecule has 0 bridgehead atoms. The highest BCUT2D eigenvalue weighted by Crippen LogP contribution is 2.16. The zero-order chi connectivity index (χ0) is 20.8. The third kappa shape index (κ3) is 2.85. The first kappa shape index (κ1) is 18.4. The molecule has 0 atom stereocenters. The summed E-state index contributed by atoms with van der Waals surface area (Å²) in [6, 6.07) is 21.4. The number of para-hydroxylation sites is 2. The van der Waals surface area contributed by atoms with E-state index >= 15 is 0 Å². The molecule has 5 aromatic rings. The summed E-state index contributed by atoms with van der Waals surface area (Å²) in [6.45, 7) is 0. The number of hydrogen-bond donors (Lipinski definition) is 2.